The van der Waals surface area contributed by atoms with Crippen LogP contribution < -0.4 is 0 Å². The van der Waals surface area contributed by atoms with Gasteiger partial charge in [0.15, 0.2) is 0 Å². The first-order valence-corrected chi connectivity index (χ1v) is 10.5. The first-order chi connectivity index (χ1) is 14.2. The van der Waals surface area contributed by atoms with Gasteiger partial charge in [-0.2, -0.15) is 0 Å². The lowest BCUT2D eigenvalue weighted by molar-refractivity contribution is -0.146. The molecule has 2 saturated heterocycles. The predicted octanol–water partition coefficient (Wildman–Crippen LogP) is 3.21. The minimum absolute atomic E-state index is 0.0698. The molecule has 2 aromatic carbocycles. The monoisotopic (exact) mass is 394 g/mol. The Kier molecular flexibility index (Phi) is 6.28. The molecule has 0 aliphatic carbocycles. The highest BCUT2D eigenvalue weighted by Gasteiger charge is 2.42. The Bertz CT molecular complexity index is 788. The lowest BCUT2D eigenvalue weighted by Gasteiger charge is -2.48. The van der Waals surface area contributed by atoms with E-state index in [2.05, 4.69) is 29.2 Å². The van der Waals surface area contributed by atoms with Crippen molar-refractivity contribution in [1.82, 2.24) is 9.80 Å². The Balaban J connectivity index is 1.37. The summed E-state index contributed by atoms with van der Waals surface area (Å²) in [5.74, 6) is 0.106. The molecular formula is C24H30N2O3. The number of amides is 1. The van der Waals surface area contributed by atoms with Crippen LogP contribution in [0, 0.1) is 0 Å². The Morgan fingerprint density at radius 1 is 1.03 bits per heavy atom. The minimum atomic E-state index is -0.232. The number of rotatable bonds is 5. The van der Waals surface area contributed by atoms with Crippen LogP contribution in [0.1, 0.15) is 28.8 Å². The van der Waals surface area contributed by atoms with Gasteiger partial charge in [0, 0.05) is 38.7 Å². The third-order valence-electron chi connectivity index (χ3n) is 6.20. The molecule has 1 amide bonds. The van der Waals surface area contributed by atoms with Crippen molar-refractivity contribution in [3.8, 4) is 0 Å². The summed E-state index contributed by atoms with van der Waals surface area (Å²) >= 11 is 0. The van der Waals surface area contributed by atoms with E-state index < -0.39 is 0 Å². The van der Waals surface area contributed by atoms with Gasteiger partial charge in [-0.3, -0.25) is 9.69 Å². The maximum absolute atomic E-state index is 12.9. The van der Waals surface area contributed by atoms with Gasteiger partial charge >= 0.3 is 0 Å². The zero-order valence-corrected chi connectivity index (χ0v) is 17.1. The van der Waals surface area contributed by atoms with Gasteiger partial charge in [0.25, 0.3) is 5.91 Å². The molecule has 0 radical (unpaired) electrons. The number of carbonyl (C=O) groups is 1. The zero-order chi connectivity index (χ0) is 20.1. The van der Waals surface area contributed by atoms with Gasteiger partial charge in [-0.15, -0.1) is 0 Å². The molecule has 2 aliphatic rings. The second-order valence-electron chi connectivity index (χ2n) is 8.04. The summed E-state index contributed by atoms with van der Waals surface area (Å²) < 4.78 is 12.0. The number of piperidine rings is 1. The van der Waals surface area contributed by atoms with Gasteiger partial charge in [-0.05, 0) is 30.5 Å². The third kappa shape index (κ3) is 4.69. The fourth-order valence-corrected chi connectivity index (χ4v) is 4.48. The van der Waals surface area contributed by atoms with Crippen LogP contribution in [0.15, 0.2) is 60.7 Å². The number of carbonyl (C=O) groups excluding carboxylic acids is 1. The van der Waals surface area contributed by atoms with E-state index >= 15 is 0 Å². The summed E-state index contributed by atoms with van der Waals surface area (Å²) in [5, 5.41) is 0. The molecule has 29 heavy (non-hydrogen) atoms. The smallest absolute Gasteiger partial charge is 0.254 e. The molecule has 4 rings (SSSR count). The van der Waals surface area contributed by atoms with Gasteiger partial charge in [0.1, 0.15) is 6.23 Å². The van der Waals surface area contributed by atoms with Crippen molar-refractivity contribution >= 4 is 5.91 Å². The van der Waals surface area contributed by atoms with Crippen LogP contribution in [0.25, 0.3) is 0 Å². The maximum atomic E-state index is 12.9. The van der Waals surface area contributed by atoms with Crippen LogP contribution in [0.2, 0.25) is 0 Å². The highest BCUT2D eigenvalue weighted by atomic mass is 16.5. The molecule has 1 unspecified atom stereocenters. The van der Waals surface area contributed by atoms with Crippen molar-refractivity contribution in [1.29, 1.82) is 0 Å². The van der Waals surface area contributed by atoms with Gasteiger partial charge in [0.05, 0.1) is 18.8 Å². The number of likely N-dealkylation sites (tertiary alicyclic amines) is 1. The Labute approximate surface area is 173 Å². The van der Waals surface area contributed by atoms with E-state index in [9.17, 15) is 4.79 Å². The van der Waals surface area contributed by atoms with E-state index in [-0.39, 0.29) is 17.7 Å². The molecule has 1 atom stereocenters. The Morgan fingerprint density at radius 3 is 2.34 bits per heavy atom. The summed E-state index contributed by atoms with van der Waals surface area (Å²) in [5.41, 5.74) is 1.81. The molecule has 1 spiro atoms. The second-order valence-corrected chi connectivity index (χ2v) is 8.04. The maximum Gasteiger partial charge on any atom is 0.254 e. The average Bonchev–Trinajstić information content (AvgIpc) is 2.79. The van der Waals surface area contributed by atoms with Crippen LogP contribution >= 0.6 is 0 Å². The molecule has 2 aromatic rings. The van der Waals surface area contributed by atoms with Crippen molar-refractivity contribution < 1.29 is 14.3 Å². The van der Waals surface area contributed by atoms with E-state index in [0.29, 0.717) is 19.7 Å². The molecule has 2 aliphatic heterocycles. The molecule has 0 N–H and O–H groups in total. The number of ether oxygens (including phenoxy) is 2. The summed E-state index contributed by atoms with van der Waals surface area (Å²) in [6, 6.07) is 20.0. The summed E-state index contributed by atoms with van der Waals surface area (Å²) in [7, 11) is 1.79. The van der Waals surface area contributed by atoms with Gasteiger partial charge in [0.2, 0.25) is 0 Å². The van der Waals surface area contributed by atoms with Crippen LogP contribution in [0.4, 0.5) is 0 Å². The number of benzene rings is 2. The fraction of sp³-hybridized carbons (Fsp3) is 0.458. The fourth-order valence-electron chi connectivity index (χ4n) is 4.48. The predicted molar refractivity (Wildman–Crippen MR) is 113 cm³/mol. The molecule has 0 bridgehead atoms. The van der Waals surface area contributed by atoms with E-state index in [1.807, 2.05) is 41.3 Å². The van der Waals surface area contributed by atoms with Crippen LogP contribution in [-0.4, -0.2) is 67.4 Å². The number of hydrogen-bond acceptors (Lipinski definition) is 4. The van der Waals surface area contributed by atoms with Crippen molar-refractivity contribution in [2.45, 2.75) is 31.1 Å². The highest BCUT2D eigenvalue weighted by Crippen LogP contribution is 2.32. The van der Waals surface area contributed by atoms with Gasteiger partial charge in [-0.1, -0.05) is 48.5 Å². The molecule has 5 heteroatoms. The normalized spacial score (nSPS) is 20.5. The number of hydrogen-bond donors (Lipinski definition) is 0. The standard InChI is InChI=1S/C24H30N2O3/c1-28-22(18-20-8-4-2-5-9-20)25-14-12-24(13-15-25)19-26(16-17-29-24)23(27)21-10-6-3-7-11-21/h2-11,22H,12-19H2,1H3. The van der Waals surface area contributed by atoms with Crippen molar-refractivity contribution in [3.63, 3.8) is 0 Å². The van der Waals surface area contributed by atoms with Crippen molar-refractivity contribution in [3.05, 3.63) is 71.8 Å². The molecule has 154 valence electrons. The first kappa shape index (κ1) is 20.1. The SMILES string of the molecule is COC(Cc1ccccc1)N1CCC2(CC1)CN(C(=O)c1ccccc1)CCO2. The summed E-state index contributed by atoms with van der Waals surface area (Å²) in [6.45, 7) is 3.77. The first-order valence-electron chi connectivity index (χ1n) is 10.5. The lowest BCUT2D eigenvalue weighted by Crippen LogP contribution is -2.59. The second kappa shape index (κ2) is 9.08. The van der Waals surface area contributed by atoms with Gasteiger partial charge in [-0.25, -0.2) is 0 Å². The molecular weight excluding hydrogens is 364 g/mol. The van der Waals surface area contributed by atoms with E-state index in [4.69, 9.17) is 9.47 Å². The molecule has 0 aromatic heterocycles. The molecule has 2 fully saturated rings. The number of methoxy groups -OCH3 is 1. The number of nitrogens with zero attached hydrogens (tertiary/aromatic N) is 2. The largest absolute Gasteiger partial charge is 0.371 e. The molecule has 0 saturated carbocycles. The Morgan fingerprint density at radius 2 is 1.69 bits per heavy atom. The van der Waals surface area contributed by atoms with E-state index in [1.165, 1.54) is 5.56 Å². The van der Waals surface area contributed by atoms with E-state index in [0.717, 1.165) is 37.9 Å². The minimum Gasteiger partial charge on any atom is -0.371 e. The highest BCUT2D eigenvalue weighted by molar-refractivity contribution is 5.94. The van der Waals surface area contributed by atoms with Crippen LogP contribution in [0.3, 0.4) is 0 Å². The van der Waals surface area contributed by atoms with Crippen molar-refractivity contribution in [2.75, 3.05) is 39.9 Å². The zero-order valence-electron chi connectivity index (χ0n) is 17.1. The molecule has 2 heterocycles. The lowest BCUT2D eigenvalue weighted by atomic mass is 9.88. The average molecular weight is 395 g/mol. The molecule has 5 nitrogen and oxygen atoms in total. The third-order valence-corrected chi connectivity index (χ3v) is 6.20. The van der Waals surface area contributed by atoms with Crippen LogP contribution in [0.5, 0.6) is 0 Å². The topological polar surface area (TPSA) is 42.0 Å². The quantitative estimate of drug-likeness (QED) is 0.781. The number of morpholine rings is 1. The van der Waals surface area contributed by atoms with Crippen LogP contribution in [-0.2, 0) is 15.9 Å². The van der Waals surface area contributed by atoms with Gasteiger partial charge < -0.3 is 14.4 Å². The Hall–Kier alpha value is -2.21. The van der Waals surface area contributed by atoms with E-state index in [1.54, 1.807) is 7.11 Å². The summed E-state index contributed by atoms with van der Waals surface area (Å²) in [6.07, 6.45) is 2.78. The van der Waals surface area contributed by atoms with Crippen molar-refractivity contribution in [2.24, 2.45) is 0 Å². The summed E-state index contributed by atoms with van der Waals surface area (Å²) in [4.78, 5) is 17.3.